The van der Waals surface area contributed by atoms with Crippen LogP contribution in [-0.2, 0) is 6.15 Å². The second-order valence-electron chi connectivity index (χ2n) is 4.25. The summed E-state index contributed by atoms with van der Waals surface area (Å²) in [5.74, 6) is 0.661. The van der Waals surface area contributed by atoms with E-state index in [-0.39, 0.29) is 0 Å². The molecule has 0 spiro atoms. The molecule has 98 valence electrons. The SMILES string of the molecule is CCNCC(C)[CH2][Sn]([CH2]C)([O]CC)[O]CC. The molecular formula is C12H29NO2Sn. The van der Waals surface area contributed by atoms with Crippen LogP contribution in [0.4, 0.5) is 0 Å². The first kappa shape index (κ1) is 16.7. The maximum atomic E-state index is 6.03. The van der Waals surface area contributed by atoms with E-state index >= 15 is 0 Å². The maximum absolute atomic E-state index is 6.03. The summed E-state index contributed by atoms with van der Waals surface area (Å²) >= 11 is -2.71. The molecule has 0 aromatic carbocycles. The monoisotopic (exact) mass is 339 g/mol. The van der Waals surface area contributed by atoms with Crippen molar-refractivity contribution in [3.63, 3.8) is 0 Å². The quantitative estimate of drug-likeness (QED) is 0.622. The number of rotatable bonds is 10. The number of nitrogens with one attached hydrogen (secondary N) is 1. The van der Waals surface area contributed by atoms with Crippen LogP contribution in [0.25, 0.3) is 0 Å². The van der Waals surface area contributed by atoms with Crippen LogP contribution in [0.3, 0.4) is 0 Å². The van der Waals surface area contributed by atoms with Crippen molar-refractivity contribution >= 4 is 19.2 Å². The summed E-state index contributed by atoms with van der Waals surface area (Å²) in [5.41, 5.74) is 0. The average Bonchev–Trinajstić information content (AvgIpc) is 2.27. The van der Waals surface area contributed by atoms with Gasteiger partial charge in [-0.1, -0.05) is 0 Å². The van der Waals surface area contributed by atoms with Crippen molar-refractivity contribution in [1.82, 2.24) is 5.32 Å². The Morgan fingerprint density at radius 2 is 1.62 bits per heavy atom. The van der Waals surface area contributed by atoms with Crippen LogP contribution in [0.15, 0.2) is 0 Å². The van der Waals surface area contributed by atoms with Crippen LogP contribution in [0.5, 0.6) is 0 Å². The molecule has 3 nitrogen and oxygen atoms in total. The molecule has 0 saturated heterocycles. The Hall–Kier alpha value is 0.679. The van der Waals surface area contributed by atoms with Gasteiger partial charge in [0.1, 0.15) is 0 Å². The van der Waals surface area contributed by atoms with Gasteiger partial charge in [-0.15, -0.1) is 0 Å². The molecule has 16 heavy (non-hydrogen) atoms. The third kappa shape index (κ3) is 6.42. The first-order valence-electron chi connectivity index (χ1n) is 6.62. The topological polar surface area (TPSA) is 30.5 Å². The second kappa shape index (κ2) is 9.68. The molecule has 0 amide bonds. The van der Waals surface area contributed by atoms with Gasteiger partial charge in [-0.05, 0) is 0 Å². The second-order valence-corrected chi connectivity index (χ2v) is 14.3. The third-order valence-electron chi connectivity index (χ3n) is 2.76. The van der Waals surface area contributed by atoms with Crippen molar-refractivity contribution in [1.29, 1.82) is 0 Å². The number of hydrogen-bond donors (Lipinski definition) is 1. The van der Waals surface area contributed by atoms with E-state index in [0.29, 0.717) is 5.92 Å². The van der Waals surface area contributed by atoms with Crippen LogP contribution in [0.2, 0.25) is 8.87 Å². The predicted molar refractivity (Wildman–Crippen MR) is 72.0 cm³/mol. The summed E-state index contributed by atoms with van der Waals surface area (Å²) < 4.78 is 14.3. The van der Waals surface area contributed by atoms with E-state index in [2.05, 4.69) is 39.9 Å². The minimum atomic E-state index is -2.71. The molecule has 0 bridgehead atoms. The molecule has 0 aromatic heterocycles. The first-order chi connectivity index (χ1) is 7.64. The fraction of sp³-hybridized carbons (Fsp3) is 1.00. The van der Waals surface area contributed by atoms with Crippen LogP contribution in [0, 0.1) is 5.92 Å². The summed E-state index contributed by atoms with van der Waals surface area (Å²) in [6.45, 7) is 14.6. The Kier molecular flexibility index (Phi) is 10.1. The van der Waals surface area contributed by atoms with E-state index in [4.69, 9.17) is 6.15 Å². The fourth-order valence-electron chi connectivity index (χ4n) is 2.03. The Bertz CT molecular complexity index is 161. The van der Waals surface area contributed by atoms with Gasteiger partial charge in [0.25, 0.3) is 0 Å². The van der Waals surface area contributed by atoms with Crippen LogP contribution < -0.4 is 5.32 Å². The normalized spacial score (nSPS) is 14.1. The zero-order chi connectivity index (χ0) is 12.4. The molecule has 1 N–H and O–H groups in total. The van der Waals surface area contributed by atoms with Crippen molar-refractivity contribution in [3.8, 4) is 0 Å². The van der Waals surface area contributed by atoms with Gasteiger partial charge in [0, 0.05) is 0 Å². The molecule has 0 aliphatic heterocycles. The molecule has 4 heteroatoms. The summed E-state index contributed by atoms with van der Waals surface area (Å²) in [6, 6.07) is 0. The molecule has 0 radical (unpaired) electrons. The molecule has 0 fully saturated rings. The molecule has 1 atom stereocenters. The van der Waals surface area contributed by atoms with Gasteiger partial charge in [0.15, 0.2) is 0 Å². The zero-order valence-corrected chi connectivity index (χ0v) is 14.5. The zero-order valence-electron chi connectivity index (χ0n) is 11.6. The minimum absolute atomic E-state index is 0.661. The summed E-state index contributed by atoms with van der Waals surface area (Å²) in [4.78, 5) is 0. The van der Waals surface area contributed by atoms with E-state index in [9.17, 15) is 0 Å². The van der Waals surface area contributed by atoms with Gasteiger partial charge in [0.2, 0.25) is 0 Å². The Morgan fingerprint density at radius 3 is 2.00 bits per heavy atom. The molecule has 1 unspecified atom stereocenters. The van der Waals surface area contributed by atoms with E-state index in [0.717, 1.165) is 30.7 Å². The van der Waals surface area contributed by atoms with Gasteiger partial charge in [-0.2, -0.15) is 0 Å². The summed E-state index contributed by atoms with van der Waals surface area (Å²) in [5, 5.41) is 3.40. The van der Waals surface area contributed by atoms with Crippen molar-refractivity contribution in [2.75, 3.05) is 26.3 Å². The van der Waals surface area contributed by atoms with E-state index in [1.165, 1.54) is 4.44 Å². The van der Waals surface area contributed by atoms with Crippen molar-refractivity contribution in [2.24, 2.45) is 5.92 Å². The molecule has 0 aromatic rings. The molecule has 0 aliphatic carbocycles. The van der Waals surface area contributed by atoms with Gasteiger partial charge in [-0.25, -0.2) is 0 Å². The Labute approximate surface area is 106 Å². The summed E-state index contributed by atoms with van der Waals surface area (Å²) in [7, 11) is 0. The fourth-order valence-corrected chi connectivity index (χ4v) is 11.4. The average molecular weight is 338 g/mol. The standard InChI is InChI=1S/C6H14N.2C2H5O.C2H5.Sn/c1-4-7-5-6(2)3;2*1-2-3;1-2;/h6-7H,2,4-5H2,1,3H3;2*2H2,1H3;1H2,2H3;/q;2*-1;;+2. The third-order valence-corrected chi connectivity index (χ3v) is 14.2. The van der Waals surface area contributed by atoms with Crippen LogP contribution in [-0.4, -0.2) is 45.5 Å². The molecule has 0 heterocycles. The molecular weight excluding hydrogens is 309 g/mol. The van der Waals surface area contributed by atoms with Gasteiger partial charge in [-0.3, -0.25) is 0 Å². The number of hydrogen-bond acceptors (Lipinski definition) is 3. The van der Waals surface area contributed by atoms with E-state index < -0.39 is 19.2 Å². The molecule has 0 rings (SSSR count). The van der Waals surface area contributed by atoms with Gasteiger partial charge >= 0.3 is 106 Å². The predicted octanol–water partition coefficient (Wildman–Crippen LogP) is 2.77. The van der Waals surface area contributed by atoms with Crippen LogP contribution >= 0.6 is 0 Å². The first-order valence-corrected chi connectivity index (χ1v) is 13.0. The molecule has 0 aliphatic rings. The van der Waals surface area contributed by atoms with E-state index in [1.54, 1.807) is 0 Å². The van der Waals surface area contributed by atoms with Crippen molar-refractivity contribution in [2.45, 2.75) is 43.5 Å². The Morgan fingerprint density at radius 1 is 1.06 bits per heavy atom. The van der Waals surface area contributed by atoms with Gasteiger partial charge in [0.05, 0.1) is 0 Å². The molecule has 0 saturated carbocycles. The Balaban J connectivity index is 4.26. The summed E-state index contributed by atoms with van der Waals surface area (Å²) in [6.07, 6.45) is 0. The van der Waals surface area contributed by atoms with Crippen molar-refractivity contribution < 1.29 is 6.15 Å². The van der Waals surface area contributed by atoms with E-state index in [1.807, 2.05) is 0 Å². The van der Waals surface area contributed by atoms with Crippen molar-refractivity contribution in [3.05, 3.63) is 0 Å². The van der Waals surface area contributed by atoms with Crippen LogP contribution in [0.1, 0.15) is 34.6 Å². The van der Waals surface area contributed by atoms with Gasteiger partial charge < -0.3 is 0 Å².